The first kappa shape index (κ1) is 29.5. The molecule has 0 spiro atoms. The number of aliphatic hydroxyl groups excluding tert-OH is 1. The van der Waals surface area contributed by atoms with Crippen molar-refractivity contribution in [2.24, 2.45) is 11.8 Å². The molecule has 3 N–H and O–H groups in total. The summed E-state index contributed by atoms with van der Waals surface area (Å²) in [5.41, 5.74) is 0.803. The molecule has 2 amide bonds. The molecule has 9 nitrogen and oxygen atoms in total. The zero-order valence-electron chi connectivity index (χ0n) is 21.3. The average molecular weight is 513 g/mol. The minimum Gasteiger partial charge on any atom is -0.444 e. The lowest BCUT2D eigenvalue weighted by atomic mass is 9.84. The number of imide groups is 1. The first-order valence-electron chi connectivity index (χ1n) is 12.3. The quantitative estimate of drug-likeness (QED) is 0.328. The number of hydrogen-bond acceptors (Lipinski definition) is 8. The van der Waals surface area contributed by atoms with Gasteiger partial charge in [-0.2, -0.15) is 0 Å². The van der Waals surface area contributed by atoms with Gasteiger partial charge < -0.3 is 18.9 Å². The summed E-state index contributed by atoms with van der Waals surface area (Å²) in [4.78, 5) is 25.3. The van der Waals surface area contributed by atoms with Gasteiger partial charge in [0, 0.05) is 20.3 Å². The van der Waals surface area contributed by atoms with Gasteiger partial charge in [-0.15, -0.1) is 0 Å². The van der Waals surface area contributed by atoms with Crippen molar-refractivity contribution in [3.63, 3.8) is 0 Å². The van der Waals surface area contributed by atoms with Crippen LogP contribution >= 0.6 is 7.60 Å². The molecule has 3 atom stereocenters. The topological polar surface area (TPSA) is 123 Å². The number of alkyl carbamates (subject to hydrolysis) is 1. The molecule has 2 rings (SSSR count). The lowest BCUT2D eigenvalue weighted by molar-refractivity contribution is -0.123. The van der Waals surface area contributed by atoms with Crippen molar-refractivity contribution in [3.8, 4) is 0 Å². The number of benzene rings is 1. The zero-order chi connectivity index (χ0) is 25.8. The molecule has 1 aromatic rings. The van der Waals surface area contributed by atoms with E-state index >= 15 is 0 Å². The number of nitrogens with one attached hydrogen (secondary N) is 2. The van der Waals surface area contributed by atoms with E-state index in [-0.39, 0.29) is 12.5 Å². The van der Waals surface area contributed by atoms with E-state index in [0.29, 0.717) is 18.8 Å². The molecule has 0 heterocycles. The molecule has 1 aliphatic rings. The second kappa shape index (κ2) is 14.7. The highest BCUT2D eigenvalue weighted by molar-refractivity contribution is 7.54. The molecule has 1 aromatic carbocycles. The maximum absolute atomic E-state index is 13.1. The Morgan fingerprint density at radius 1 is 1.09 bits per heavy atom. The van der Waals surface area contributed by atoms with Crippen LogP contribution in [0.5, 0.6) is 0 Å². The molecule has 35 heavy (non-hydrogen) atoms. The summed E-state index contributed by atoms with van der Waals surface area (Å²) < 4.78 is 28.3. The molecule has 0 radical (unpaired) electrons. The van der Waals surface area contributed by atoms with Gasteiger partial charge in [-0.25, -0.2) is 4.79 Å². The molecule has 198 valence electrons. The molecule has 10 heteroatoms. The Labute approximate surface area is 208 Å². The Balaban J connectivity index is 2.12. The van der Waals surface area contributed by atoms with E-state index in [4.69, 9.17) is 13.8 Å². The number of rotatable bonds is 13. The van der Waals surface area contributed by atoms with Crippen molar-refractivity contribution in [1.82, 2.24) is 10.6 Å². The van der Waals surface area contributed by atoms with Gasteiger partial charge in [0.05, 0.1) is 6.04 Å². The van der Waals surface area contributed by atoms with Crippen LogP contribution in [0.4, 0.5) is 4.79 Å². The van der Waals surface area contributed by atoms with Crippen LogP contribution in [0.25, 0.3) is 0 Å². The first-order valence-corrected chi connectivity index (χ1v) is 14.0. The van der Waals surface area contributed by atoms with E-state index in [1.54, 1.807) is 0 Å². The fraction of sp³-hybridized carbons (Fsp3) is 0.680. The molecule has 1 unspecified atom stereocenters. The fourth-order valence-electron chi connectivity index (χ4n) is 4.50. The third-order valence-electron chi connectivity index (χ3n) is 6.38. The Morgan fingerprint density at radius 2 is 1.71 bits per heavy atom. The minimum atomic E-state index is -3.82. The van der Waals surface area contributed by atoms with Gasteiger partial charge in [0.25, 0.3) is 0 Å². The van der Waals surface area contributed by atoms with Crippen LogP contribution < -0.4 is 10.6 Å². The Morgan fingerprint density at radius 3 is 2.29 bits per heavy atom. The van der Waals surface area contributed by atoms with Gasteiger partial charge in [0.2, 0.25) is 5.91 Å². The van der Waals surface area contributed by atoms with E-state index in [1.165, 1.54) is 20.6 Å². The van der Waals surface area contributed by atoms with Crippen molar-refractivity contribution < 1.29 is 33.0 Å². The summed E-state index contributed by atoms with van der Waals surface area (Å²) in [6.45, 7) is 3.95. The zero-order valence-corrected chi connectivity index (χ0v) is 22.2. The SMILES string of the molecule is COP(=O)(OC)C(O)[C@H](CC1CCCCC1)N[C@@H](CC(C)C)C(=O)NC(=O)OCc1ccccc1. The summed E-state index contributed by atoms with van der Waals surface area (Å²) in [6, 6.07) is 7.63. The summed E-state index contributed by atoms with van der Waals surface area (Å²) in [7, 11) is -1.36. The first-order chi connectivity index (χ1) is 16.7. The molecule has 0 bridgehead atoms. The third kappa shape index (κ3) is 9.66. The number of aliphatic hydroxyl groups is 1. The van der Waals surface area contributed by atoms with Gasteiger partial charge in [-0.3, -0.25) is 20.0 Å². The molecule has 0 aliphatic heterocycles. The van der Waals surface area contributed by atoms with Crippen molar-refractivity contribution in [1.29, 1.82) is 0 Å². The summed E-state index contributed by atoms with van der Waals surface area (Å²) in [5, 5.41) is 16.5. The van der Waals surface area contributed by atoms with Crippen molar-refractivity contribution in [3.05, 3.63) is 35.9 Å². The second-order valence-electron chi connectivity index (χ2n) is 9.56. The number of carbonyl (C=O) groups is 2. The van der Waals surface area contributed by atoms with E-state index < -0.39 is 37.5 Å². The number of carbonyl (C=O) groups excluding carboxylic acids is 2. The molecule has 1 fully saturated rings. The number of ether oxygens (including phenoxy) is 1. The lowest BCUT2D eigenvalue weighted by Gasteiger charge is -2.34. The van der Waals surface area contributed by atoms with Crippen molar-refractivity contribution in [2.75, 3.05) is 14.2 Å². The van der Waals surface area contributed by atoms with Crippen molar-refractivity contribution in [2.45, 2.75) is 83.3 Å². The van der Waals surface area contributed by atoms with Crippen LogP contribution in [-0.2, 0) is 29.8 Å². The summed E-state index contributed by atoms with van der Waals surface area (Å²) in [6.07, 6.45) is 5.44. The van der Waals surface area contributed by atoms with E-state index in [0.717, 1.165) is 31.2 Å². The highest BCUT2D eigenvalue weighted by Crippen LogP contribution is 2.52. The van der Waals surface area contributed by atoms with Crippen LogP contribution in [0.1, 0.15) is 64.4 Å². The van der Waals surface area contributed by atoms with Crippen LogP contribution in [-0.4, -0.2) is 49.3 Å². The minimum absolute atomic E-state index is 0.0378. The number of amides is 2. The van der Waals surface area contributed by atoms with Gasteiger partial charge in [0.15, 0.2) is 5.85 Å². The summed E-state index contributed by atoms with van der Waals surface area (Å²) >= 11 is 0. The average Bonchev–Trinajstić information content (AvgIpc) is 2.86. The maximum Gasteiger partial charge on any atom is 0.414 e. The standard InChI is InChI=1S/C25H41N2O7P/c1-18(2)15-21(23(28)27-25(30)34-17-20-13-9-6-10-14-20)26-22(16-19-11-7-5-8-12-19)24(29)35(31,32-3)33-4/h6,9-10,13-14,18-19,21-22,24,26,29H,5,7-8,11-12,15-17H2,1-4H3,(H,27,28,30)/t21-,22-,24?/m0/s1. The Bertz CT molecular complexity index is 822. The molecule has 0 saturated heterocycles. The largest absolute Gasteiger partial charge is 0.444 e. The van der Waals surface area contributed by atoms with Gasteiger partial charge in [0.1, 0.15) is 6.61 Å². The van der Waals surface area contributed by atoms with Crippen LogP contribution in [0, 0.1) is 11.8 Å². The fourth-order valence-corrected chi connectivity index (χ4v) is 5.73. The Hall–Kier alpha value is -1.77. The van der Waals surface area contributed by atoms with Gasteiger partial charge >= 0.3 is 13.7 Å². The van der Waals surface area contributed by atoms with E-state index in [1.807, 2.05) is 44.2 Å². The molecule has 1 saturated carbocycles. The van der Waals surface area contributed by atoms with Crippen molar-refractivity contribution >= 4 is 19.6 Å². The number of hydrogen-bond donors (Lipinski definition) is 3. The molecule has 0 aromatic heterocycles. The predicted octanol–water partition coefficient (Wildman–Crippen LogP) is 4.59. The molecular weight excluding hydrogens is 471 g/mol. The van der Waals surface area contributed by atoms with Gasteiger partial charge in [-0.1, -0.05) is 76.3 Å². The molecular formula is C25H41N2O7P. The molecule has 1 aliphatic carbocycles. The normalized spacial score (nSPS) is 17.5. The highest BCUT2D eigenvalue weighted by atomic mass is 31.2. The van der Waals surface area contributed by atoms with E-state index in [2.05, 4.69) is 10.6 Å². The lowest BCUT2D eigenvalue weighted by Crippen LogP contribution is -2.54. The van der Waals surface area contributed by atoms with E-state index in [9.17, 15) is 19.3 Å². The Kier molecular flexibility index (Phi) is 12.4. The second-order valence-corrected chi connectivity index (χ2v) is 11.9. The maximum atomic E-state index is 13.1. The monoisotopic (exact) mass is 512 g/mol. The predicted molar refractivity (Wildman–Crippen MR) is 134 cm³/mol. The van der Waals surface area contributed by atoms with Crippen LogP contribution in [0.2, 0.25) is 0 Å². The van der Waals surface area contributed by atoms with Gasteiger partial charge in [-0.05, 0) is 30.2 Å². The third-order valence-corrected chi connectivity index (χ3v) is 8.41. The van der Waals surface area contributed by atoms with Crippen LogP contribution in [0.15, 0.2) is 30.3 Å². The summed E-state index contributed by atoms with van der Waals surface area (Å²) in [5.74, 6) is -1.60. The highest BCUT2D eigenvalue weighted by Gasteiger charge is 2.41. The van der Waals surface area contributed by atoms with Crippen LogP contribution in [0.3, 0.4) is 0 Å². The smallest absolute Gasteiger partial charge is 0.414 e.